The maximum Gasteiger partial charge on any atom is 0.0693 e. The maximum absolute atomic E-state index is 8.15. The standard InChI is InChI=1S/C12H23N3OP2/c1-11(7-4-9-14-15-13)5-3-6-12(2)8-10-16-18-17/h5,8,18H,3-4,6-7,9-10,17H2,1-2H3. The van der Waals surface area contributed by atoms with E-state index in [9.17, 15) is 0 Å². The summed E-state index contributed by atoms with van der Waals surface area (Å²) in [5, 5.41) is 3.52. The van der Waals surface area contributed by atoms with Crippen LogP contribution in [0.15, 0.2) is 28.4 Å². The molecule has 0 saturated heterocycles. The zero-order chi connectivity index (χ0) is 13.6. The van der Waals surface area contributed by atoms with Crippen molar-refractivity contribution >= 4 is 17.4 Å². The van der Waals surface area contributed by atoms with Gasteiger partial charge < -0.3 is 4.52 Å². The normalized spacial score (nSPS) is 13.1. The second kappa shape index (κ2) is 13.1. The van der Waals surface area contributed by atoms with Gasteiger partial charge in [0.1, 0.15) is 0 Å². The Morgan fingerprint density at radius 3 is 2.72 bits per heavy atom. The molecule has 0 aliphatic heterocycles. The highest BCUT2D eigenvalue weighted by molar-refractivity contribution is 8.00. The molecule has 0 fully saturated rings. The fourth-order valence-corrected chi connectivity index (χ4v) is 1.92. The van der Waals surface area contributed by atoms with E-state index in [-0.39, 0.29) is 0 Å². The van der Waals surface area contributed by atoms with Gasteiger partial charge in [0.25, 0.3) is 0 Å². The lowest BCUT2D eigenvalue weighted by Gasteiger charge is -2.01. The number of nitrogens with zero attached hydrogens (tertiary/aromatic N) is 3. The van der Waals surface area contributed by atoms with Crippen LogP contribution in [0.5, 0.6) is 0 Å². The largest absolute Gasteiger partial charge is 0.354 e. The SMILES string of the molecule is CC(=CCOPP)CCC=C(C)CCCN=[N+]=[N-]. The third-order valence-electron chi connectivity index (χ3n) is 2.52. The van der Waals surface area contributed by atoms with Crippen molar-refractivity contribution in [2.45, 2.75) is 39.5 Å². The van der Waals surface area contributed by atoms with Crippen molar-refractivity contribution in [3.63, 3.8) is 0 Å². The van der Waals surface area contributed by atoms with Gasteiger partial charge in [0, 0.05) is 20.0 Å². The summed E-state index contributed by atoms with van der Waals surface area (Å²) in [6, 6.07) is 0. The van der Waals surface area contributed by atoms with Crippen LogP contribution in [-0.4, -0.2) is 13.2 Å². The summed E-state index contributed by atoms with van der Waals surface area (Å²) >= 11 is 0. The molecule has 0 saturated carbocycles. The average Bonchev–Trinajstić information content (AvgIpc) is 2.35. The number of azide groups is 1. The van der Waals surface area contributed by atoms with E-state index in [2.05, 4.69) is 45.0 Å². The molecule has 0 aromatic heterocycles. The van der Waals surface area contributed by atoms with Crippen LogP contribution in [0, 0.1) is 0 Å². The minimum Gasteiger partial charge on any atom is -0.354 e. The second-order valence-corrected chi connectivity index (χ2v) is 5.36. The zero-order valence-electron chi connectivity index (χ0n) is 11.2. The van der Waals surface area contributed by atoms with Crippen molar-refractivity contribution in [1.29, 1.82) is 0 Å². The first kappa shape index (κ1) is 17.6. The average molecular weight is 287 g/mol. The molecule has 4 nitrogen and oxygen atoms in total. The molecule has 2 atom stereocenters. The molecule has 0 heterocycles. The summed E-state index contributed by atoms with van der Waals surface area (Å²) < 4.78 is 5.27. The maximum atomic E-state index is 8.15. The zero-order valence-corrected chi connectivity index (χ0v) is 13.4. The Morgan fingerprint density at radius 1 is 1.33 bits per heavy atom. The Hall–Kier alpha value is -0.390. The minimum absolute atomic E-state index is 0.481. The van der Waals surface area contributed by atoms with Crippen molar-refractivity contribution in [2.24, 2.45) is 5.11 Å². The quantitative estimate of drug-likeness (QED) is 0.137. The molecule has 0 amide bonds. The summed E-state index contributed by atoms with van der Waals surface area (Å²) in [5.74, 6) is 0. The topological polar surface area (TPSA) is 58.0 Å². The lowest BCUT2D eigenvalue weighted by atomic mass is 10.1. The fraction of sp³-hybridized carbons (Fsp3) is 0.667. The first-order valence-electron chi connectivity index (χ1n) is 6.10. The highest BCUT2D eigenvalue weighted by atomic mass is 32.0. The highest BCUT2D eigenvalue weighted by Crippen LogP contribution is 2.21. The van der Waals surface area contributed by atoms with Gasteiger partial charge in [-0.3, -0.25) is 0 Å². The number of hydrogen-bond acceptors (Lipinski definition) is 2. The lowest BCUT2D eigenvalue weighted by molar-refractivity contribution is 0.422. The molecule has 2 unspecified atom stereocenters. The van der Waals surface area contributed by atoms with Crippen LogP contribution in [0.3, 0.4) is 0 Å². The summed E-state index contributed by atoms with van der Waals surface area (Å²) in [5.41, 5.74) is 10.9. The van der Waals surface area contributed by atoms with E-state index in [0.29, 0.717) is 21.6 Å². The predicted octanol–water partition coefficient (Wildman–Crippen LogP) is 5.15. The summed E-state index contributed by atoms with van der Waals surface area (Å²) in [6.07, 6.45) is 8.51. The van der Waals surface area contributed by atoms with Crippen molar-refractivity contribution in [2.75, 3.05) is 13.2 Å². The van der Waals surface area contributed by atoms with E-state index in [4.69, 9.17) is 10.1 Å². The van der Waals surface area contributed by atoms with Crippen LogP contribution in [0.25, 0.3) is 10.4 Å². The molecule has 0 radical (unpaired) electrons. The Bertz CT molecular complexity index is 323. The van der Waals surface area contributed by atoms with Crippen LogP contribution in [0.1, 0.15) is 39.5 Å². The van der Waals surface area contributed by atoms with Gasteiger partial charge in [-0.05, 0) is 45.1 Å². The molecule has 18 heavy (non-hydrogen) atoms. The van der Waals surface area contributed by atoms with Gasteiger partial charge in [-0.15, -0.1) is 0 Å². The molecule has 6 heteroatoms. The third kappa shape index (κ3) is 12.1. The molecule has 0 spiro atoms. The van der Waals surface area contributed by atoms with E-state index in [1.54, 1.807) is 0 Å². The van der Waals surface area contributed by atoms with Gasteiger partial charge in [-0.1, -0.05) is 37.3 Å². The van der Waals surface area contributed by atoms with E-state index < -0.39 is 0 Å². The molecule has 0 aliphatic carbocycles. The monoisotopic (exact) mass is 287 g/mol. The summed E-state index contributed by atoms with van der Waals surface area (Å²) in [7, 11) is 3.05. The molecule has 0 aromatic carbocycles. The van der Waals surface area contributed by atoms with Crippen LogP contribution in [0.2, 0.25) is 0 Å². The van der Waals surface area contributed by atoms with Gasteiger partial charge in [-0.2, -0.15) is 0 Å². The molecule has 0 rings (SSSR count). The number of allylic oxidation sites excluding steroid dienone is 3. The highest BCUT2D eigenvalue weighted by Gasteiger charge is 1.92. The van der Waals surface area contributed by atoms with Gasteiger partial charge in [0.15, 0.2) is 0 Å². The predicted molar refractivity (Wildman–Crippen MR) is 84.0 cm³/mol. The Labute approximate surface area is 114 Å². The second-order valence-electron chi connectivity index (χ2n) is 4.13. The van der Waals surface area contributed by atoms with E-state index >= 15 is 0 Å². The van der Waals surface area contributed by atoms with Crippen LogP contribution < -0.4 is 0 Å². The summed E-state index contributed by atoms with van der Waals surface area (Å²) in [6.45, 7) is 5.57. The molecule has 0 aromatic rings. The molecule has 102 valence electrons. The van der Waals surface area contributed by atoms with Crippen molar-refractivity contribution in [3.8, 4) is 0 Å². The van der Waals surface area contributed by atoms with Crippen LogP contribution >= 0.6 is 17.4 Å². The minimum atomic E-state index is 0.481. The van der Waals surface area contributed by atoms with E-state index in [1.807, 2.05) is 0 Å². The smallest absolute Gasteiger partial charge is 0.0693 e. The van der Waals surface area contributed by atoms with Crippen LogP contribution in [-0.2, 0) is 4.52 Å². The number of hydrogen-bond donors (Lipinski definition) is 0. The lowest BCUT2D eigenvalue weighted by Crippen LogP contribution is -1.85. The molecule has 0 aliphatic rings. The van der Waals surface area contributed by atoms with Gasteiger partial charge in [0.2, 0.25) is 0 Å². The molecule has 0 N–H and O–H groups in total. The number of rotatable bonds is 10. The van der Waals surface area contributed by atoms with Gasteiger partial charge in [0.05, 0.1) is 6.61 Å². The third-order valence-corrected chi connectivity index (χ3v) is 3.36. The van der Waals surface area contributed by atoms with Crippen LogP contribution in [0.4, 0.5) is 0 Å². The van der Waals surface area contributed by atoms with E-state index in [1.165, 1.54) is 11.1 Å². The van der Waals surface area contributed by atoms with Gasteiger partial charge in [-0.25, -0.2) is 0 Å². The molecular formula is C12H23N3OP2. The summed E-state index contributed by atoms with van der Waals surface area (Å²) in [4.78, 5) is 2.74. The van der Waals surface area contributed by atoms with Crippen molar-refractivity contribution in [1.82, 2.24) is 0 Å². The Balaban J connectivity index is 3.72. The Kier molecular flexibility index (Phi) is 12.8. The van der Waals surface area contributed by atoms with Gasteiger partial charge >= 0.3 is 0 Å². The van der Waals surface area contributed by atoms with Crippen molar-refractivity contribution < 1.29 is 4.52 Å². The Morgan fingerprint density at radius 2 is 2.06 bits per heavy atom. The molecule has 0 bridgehead atoms. The molecular weight excluding hydrogens is 264 g/mol. The van der Waals surface area contributed by atoms with E-state index in [0.717, 1.165) is 25.7 Å². The first-order valence-corrected chi connectivity index (χ1v) is 8.82. The first-order chi connectivity index (χ1) is 8.70. The van der Waals surface area contributed by atoms with Crippen molar-refractivity contribution in [3.05, 3.63) is 33.7 Å². The fourth-order valence-electron chi connectivity index (χ4n) is 1.46.